The van der Waals surface area contributed by atoms with Crippen LogP contribution in [0.5, 0.6) is 17.2 Å². The predicted molar refractivity (Wildman–Crippen MR) is 109 cm³/mol. The molecule has 0 radical (unpaired) electrons. The fourth-order valence-electron chi connectivity index (χ4n) is 2.80. The SMILES string of the molecule is CCOc1cc(C=C2C(=O)NC(=O)NC2=O)ccc1OCCOc1ccccc1C. The Labute approximate surface area is 173 Å². The Kier molecular flexibility index (Phi) is 6.69. The van der Waals surface area contributed by atoms with Crippen LogP contribution in [0.25, 0.3) is 6.08 Å². The molecule has 8 nitrogen and oxygen atoms in total. The van der Waals surface area contributed by atoms with Crippen molar-refractivity contribution in [3.63, 3.8) is 0 Å². The smallest absolute Gasteiger partial charge is 0.328 e. The zero-order chi connectivity index (χ0) is 21.5. The van der Waals surface area contributed by atoms with Gasteiger partial charge < -0.3 is 14.2 Å². The maximum absolute atomic E-state index is 11.9. The lowest BCUT2D eigenvalue weighted by Gasteiger charge is -2.15. The summed E-state index contributed by atoms with van der Waals surface area (Å²) in [6, 6.07) is 11.9. The number of aryl methyl sites for hydroxylation is 1. The first-order valence-electron chi connectivity index (χ1n) is 9.44. The van der Waals surface area contributed by atoms with Crippen LogP contribution in [-0.4, -0.2) is 37.7 Å². The zero-order valence-corrected chi connectivity index (χ0v) is 16.7. The summed E-state index contributed by atoms with van der Waals surface area (Å²) in [6.45, 7) is 4.88. The average Bonchev–Trinajstić information content (AvgIpc) is 2.70. The van der Waals surface area contributed by atoms with E-state index in [-0.39, 0.29) is 5.57 Å². The Bertz CT molecular complexity index is 977. The van der Waals surface area contributed by atoms with Crippen LogP contribution >= 0.6 is 0 Å². The van der Waals surface area contributed by atoms with Crippen molar-refractivity contribution in [1.29, 1.82) is 0 Å². The number of hydrogen-bond donors (Lipinski definition) is 2. The highest BCUT2D eigenvalue weighted by Gasteiger charge is 2.27. The fourth-order valence-corrected chi connectivity index (χ4v) is 2.80. The minimum Gasteiger partial charge on any atom is -0.490 e. The number of barbiturate groups is 1. The Morgan fingerprint density at radius 2 is 1.50 bits per heavy atom. The third-order valence-electron chi connectivity index (χ3n) is 4.21. The fraction of sp³-hybridized carbons (Fsp3) is 0.227. The summed E-state index contributed by atoms with van der Waals surface area (Å²) in [5.41, 5.74) is 1.43. The molecule has 1 saturated heterocycles. The van der Waals surface area contributed by atoms with Crippen molar-refractivity contribution in [3.8, 4) is 17.2 Å². The first-order valence-corrected chi connectivity index (χ1v) is 9.44. The molecule has 1 aliphatic heterocycles. The second-order valence-corrected chi connectivity index (χ2v) is 6.40. The molecule has 1 fully saturated rings. The minimum atomic E-state index is -0.839. The molecule has 8 heteroatoms. The van der Waals surface area contributed by atoms with Gasteiger partial charge >= 0.3 is 6.03 Å². The highest BCUT2D eigenvalue weighted by Crippen LogP contribution is 2.29. The van der Waals surface area contributed by atoms with E-state index < -0.39 is 17.8 Å². The van der Waals surface area contributed by atoms with Crippen LogP contribution in [0.3, 0.4) is 0 Å². The molecule has 2 aromatic carbocycles. The van der Waals surface area contributed by atoms with Crippen molar-refractivity contribution < 1.29 is 28.6 Å². The van der Waals surface area contributed by atoms with Crippen LogP contribution < -0.4 is 24.8 Å². The second kappa shape index (κ2) is 9.60. The Morgan fingerprint density at radius 1 is 0.833 bits per heavy atom. The summed E-state index contributed by atoms with van der Waals surface area (Å²) >= 11 is 0. The van der Waals surface area contributed by atoms with Crippen molar-refractivity contribution in [2.45, 2.75) is 13.8 Å². The second-order valence-electron chi connectivity index (χ2n) is 6.40. The van der Waals surface area contributed by atoms with Crippen molar-refractivity contribution in [3.05, 3.63) is 59.2 Å². The minimum absolute atomic E-state index is 0.169. The molecular weight excluding hydrogens is 388 g/mol. The topological polar surface area (TPSA) is 103 Å². The average molecular weight is 410 g/mol. The lowest BCUT2D eigenvalue weighted by molar-refractivity contribution is -0.123. The molecule has 4 amide bonds. The molecule has 1 heterocycles. The van der Waals surface area contributed by atoms with Crippen LogP contribution in [0, 0.1) is 6.92 Å². The van der Waals surface area contributed by atoms with Gasteiger partial charge in [0.05, 0.1) is 6.61 Å². The largest absolute Gasteiger partial charge is 0.490 e. The summed E-state index contributed by atoms with van der Waals surface area (Å²) in [5.74, 6) is 0.275. The van der Waals surface area contributed by atoms with Gasteiger partial charge in [-0.05, 0) is 49.2 Å². The Balaban J connectivity index is 1.68. The number of imide groups is 2. The summed E-state index contributed by atoms with van der Waals surface area (Å²) in [6.07, 6.45) is 1.38. The van der Waals surface area contributed by atoms with Gasteiger partial charge in [-0.25, -0.2) is 4.79 Å². The van der Waals surface area contributed by atoms with E-state index >= 15 is 0 Å². The molecule has 30 heavy (non-hydrogen) atoms. The van der Waals surface area contributed by atoms with Crippen LogP contribution in [-0.2, 0) is 9.59 Å². The Morgan fingerprint density at radius 3 is 2.17 bits per heavy atom. The maximum atomic E-state index is 11.9. The van der Waals surface area contributed by atoms with Gasteiger partial charge in [-0.3, -0.25) is 20.2 Å². The number of benzene rings is 2. The van der Waals surface area contributed by atoms with Gasteiger partial charge in [0.2, 0.25) is 0 Å². The molecule has 0 saturated carbocycles. The number of amides is 4. The summed E-state index contributed by atoms with van der Waals surface area (Å²) in [7, 11) is 0. The van der Waals surface area contributed by atoms with Crippen LogP contribution in [0.4, 0.5) is 4.79 Å². The molecule has 1 aliphatic rings. The molecule has 156 valence electrons. The molecule has 2 aromatic rings. The van der Waals surface area contributed by atoms with E-state index in [1.54, 1.807) is 18.2 Å². The van der Waals surface area contributed by atoms with Gasteiger partial charge in [0.25, 0.3) is 11.8 Å². The molecule has 0 aliphatic carbocycles. The lowest BCUT2D eigenvalue weighted by Crippen LogP contribution is -2.51. The standard InChI is InChI=1S/C22H22N2O6/c1-3-28-19-13-15(12-16-20(25)23-22(27)24-21(16)26)8-9-18(19)30-11-10-29-17-7-5-4-6-14(17)2/h4-9,12-13H,3,10-11H2,1-2H3,(H2,23,24,25,26,27). The van der Waals surface area contributed by atoms with E-state index in [1.807, 2.05) is 48.7 Å². The summed E-state index contributed by atoms with van der Waals surface area (Å²) < 4.78 is 17.1. The molecule has 0 atom stereocenters. The van der Waals surface area contributed by atoms with Crippen molar-refractivity contribution in [2.24, 2.45) is 0 Å². The molecule has 0 bridgehead atoms. The first kappa shape index (κ1) is 20.9. The number of carbonyl (C=O) groups excluding carboxylic acids is 3. The number of nitrogens with one attached hydrogen (secondary N) is 2. The molecule has 0 aromatic heterocycles. The highest BCUT2D eigenvalue weighted by molar-refractivity contribution is 6.31. The van der Waals surface area contributed by atoms with Crippen LogP contribution in [0.1, 0.15) is 18.1 Å². The molecule has 0 spiro atoms. The Hall–Kier alpha value is -3.81. The van der Waals surface area contributed by atoms with E-state index in [9.17, 15) is 14.4 Å². The number of rotatable bonds is 8. The van der Waals surface area contributed by atoms with Gasteiger partial charge in [-0.2, -0.15) is 0 Å². The quantitative estimate of drug-likeness (QED) is 0.394. The van der Waals surface area contributed by atoms with Gasteiger partial charge in [0.1, 0.15) is 24.5 Å². The van der Waals surface area contributed by atoms with Crippen molar-refractivity contribution in [1.82, 2.24) is 10.6 Å². The number of carbonyl (C=O) groups is 3. The van der Waals surface area contributed by atoms with Gasteiger partial charge in [-0.1, -0.05) is 24.3 Å². The molecule has 0 unspecified atom stereocenters. The number of ether oxygens (including phenoxy) is 3. The maximum Gasteiger partial charge on any atom is 0.328 e. The van der Waals surface area contributed by atoms with Gasteiger partial charge in [-0.15, -0.1) is 0 Å². The molecule has 3 rings (SSSR count). The third-order valence-corrected chi connectivity index (χ3v) is 4.21. The zero-order valence-electron chi connectivity index (χ0n) is 16.7. The third kappa shape index (κ3) is 5.16. The monoisotopic (exact) mass is 410 g/mol. The molecule has 2 N–H and O–H groups in total. The predicted octanol–water partition coefficient (Wildman–Crippen LogP) is 2.60. The number of hydrogen-bond acceptors (Lipinski definition) is 6. The molecular formula is C22H22N2O6. The van der Waals surface area contributed by atoms with Crippen molar-refractivity contribution >= 4 is 23.9 Å². The number of urea groups is 1. The first-order chi connectivity index (χ1) is 14.5. The van der Waals surface area contributed by atoms with Gasteiger partial charge in [0, 0.05) is 0 Å². The lowest BCUT2D eigenvalue weighted by atomic mass is 10.1. The van der Waals surface area contributed by atoms with Crippen LogP contribution in [0.2, 0.25) is 0 Å². The normalized spacial score (nSPS) is 13.4. The van der Waals surface area contributed by atoms with E-state index in [4.69, 9.17) is 14.2 Å². The van der Waals surface area contributed by atoms with E-state index in [0.717, 1.165) is 11.3 Å². The van der Waals surface area contributed by atoms with E-state index in [1.165, 1.54) is 6.08 Å². The van der Waals surface area contributed by atoms with Crippen LogP contribution in [0.15, 0.2) is 48.0 Å². The summed E-state index contributed by atoms with van der Waals surface area (Å²) in [5, 5.41) is 4.07. The number of para-hydroxylation sites is 1. The van der Waals surface area contributed by atoms with Gasteiger partial charge in [0.15, 0.2) is 11.5 Å². The highest BCUT2D eigenvalue weighted by atomic mass is 16.5. The van der Waals surface area contributed by atoms with Crippen molar-refractivity contribution in [2.75, 3.05) is 19.8 Å². The summed E-state index contributed by atoms with van der Waals surface area (Å²) in [4.78, 5) is 34.9. The van der Waals surface area contributed by atoms with E-state index in [0.29, 0.717) is 36.9 Å². The van der Waals surface area contributed by atoms with E-state index in [2.05, 4.69) is 0 Å².